The van der Waals surface area contributed by atoms with Gasteiger partial charge in [-0.3, -0.25) is 4.79 Å². The smallest absolute Gasteiger partial charge is 0.171 e. The van der Waals surface area contributed by atoms with E-state index >= 15 is 0 Å². The topological polar surface area (TPSA) is 55.1 Å². The summed E-state index contributed by atoms with van der Waals surface area (Å²) in [6.07, 6.45) is 6.37. The van der Waals surface area contributed by atoms with Gasteiger partial charge in [-0.25, -0.2) is 0 Å². The summed E-state index contributed by atoms with van der Waals surface area (Å²) in [6.45, 7) is 1.60. The van der Waals surface area contributed by atoms with Crippen LogP contribution < -0.4 is 11.1 Å². The Morgan fingerprint density at radius 2 is 2.00 bits per heavy atom. The van der Waals surface area contributed by atoms with Crippen molar-refractivity contribution in [2.75, 3.05) is 17.3 Å². The molecule has 5 heteroatoms. The van der Waals surface area contributed by atoms with E-state index in [1.54, 1.807) is 30.0 Å². The predicted octanol–water partition coefficient (Wildman–Crippen LogP) is 3.71. The zero-order valence-corrected chi connectivity index (χ0v) is 13.4. The number of carbonyl (C=O) groups is 1. The van der Waals surface area contributed by atoms with Gasteiger partial charge in [0, 0.05) is 13.0 Å². The molecule has 0 aromatic carbocycles. The van der Waals surface area contributed by atoms with E-state index in [9.17, 15) is 4.79 Å². The third-order valence-corrected chi connectivity index (χ3v) is 7.66. The fourth-order valence-corrected chi connectivity index (χ4v) is 6.62. The van der Waals surface area contributed by atoms with Gasteiger partial charge in [0.1, 0.15) is 5.00 Å². The van der Waals surface area contributed by atoms with Crippen molar-refractivity contribution in [3.63, 3.8) is 0 Å². The minimum atomic E-state index is 0.0758. The van der Waals surface area contributed by atoms with Crippen molar-refractivity contribution in [1.82, 2.24) is 0 Å². The molecule has 3 N–H and O–H groups in total. The minimum absolute atomic E-state index is 0.0758. The molecular formula is C15H20N2OS2. The number of nitrogens with one attached hydrogen (secondary N) is 1. The summed E-state index contributed by atoms with van der Waals surface area (Å²) in [5, 5.41) is 4.84. The van der Waals surface area contributed by atoms with Crippen molar-refractivity contribution in [2.45, 2.75) is 37.1 Å². The van der Waals surface area contributed by atoms with Crippen LogP contribution in [0.5, 0.6) is 0 Å². The molecule has 4 atom stereocenters. The van der Waals surface area contributed by atoms with Gasteiger partial charge in [-0.1, -0.05) is 0 Å². The lowest BCUT2D eigenvalue weighted by molar-refractivity contribution is 0.102. The van der Waals surface area contributed by atoms with Crippen molar-refractivity contribution in [2.24, 2.45) is 23.7 Å². The number of thioether (sulfide) groups is 1. The summed E-state index contributed by atoms with van der Waals surface area (Å²) < 4.78 is 0. The molecule has 2 bridgehead atoms. The Morgan fingerprint density at radius 1 is 1.35 bits per heavy atom. The molecule has 0 aliphatic heterocycles. The highest BCUT2D eigenvalue weighted by Gasteiger charge is 2.65. The third-order valence-electron chi connectivity index (χ3n) is 5.46. The average Bonchev–Trinajstić information content (AvgIpc) is 2.78. The molecular weight excluding hydrogens is 288 g/mol. The molecule has 0 saturated heterocycles. The molecule has 3 aliphatic carbocycles. The molecule has 4 unspecified atom stereocenters. The molecule has 0 spiro atoms. The van der Waals surface area contributed by atoms with Gasteiger partial charge in [0.15, 0.2) is 5.78 Å². The quantitative estimate of drug-likeness (QED) is 0.657. The van der Waals surface area contributed by atoms with Crippen molar-refractivity contribution in [1.29, 1.82) is 0 Å². The Kier molecular flexibility index (Phi) is 2.87. The zero-order chi connectivity index (χ0) is 14.0. The largest absolute Gasteiger partial charge is 0.396 e. The summed E-state index contributed by atoms with van der Waals surface area (Å²) in [5.74, 6) is 3.79. The van der Waals surface area contributed by atoms with Gasteiger partial charge in [-0.15, -0.1) is 23.1 Å². The van der Waals surface area contributed by atoms with Gasteiger partial charge < -0.3 is 11.1 Å². The number of rotatable bonds is 4. The number of hydrogen-bond donors (Lipinski definition) is 2. The van der Waals surface area contributed by atoms with E-state index in [4.69, 9.17) is 5.73 Å². The summed E-state index contributed by atoms with van der Waals surface area (Å²) in [7, 11) is 0. The van der Waals surface area contributed by atoms with E-state index in [2.05, 4.69) is 5.32 Å². The molecule has 1 heterocycles. The van der Waals surface area contributed by atoms with Gasteiger partial charge >= 0.3 is 0 Å². The van der Waals surface area contributed by atoms with Crippen LogP contribution in [0.2, 0.25) is 0 Å². The van der Waals surface area contributed by atoms with E-state index in [1.807, 2.05) is 6.26 Å². The maximum absolute atomic E-state index is 11.7. The first kappa shape index (κ1) is 13.0. The highest BCUT2D eigenvalue weighted by molar-refractivity contribution is 7.99. The average molecular weight is 308 g/mol. The lowest BCUT2D eigenvalue weighted by Gasteiger charge is -2.11. The molecule has 1 aromatic heterocycles. The van der Waals surface area contributed by atoms with Crippen molar-refractivity contribution >= 4 is 39.6 Å². The second-order valence-corrected chi connectivity index (χ2v) is 8.26. The summed E-state index contributed by atoms with van der Waals surface area (Å²) >= 11 is 3.19. The lowest BCUT2D eigenvalue weighted by Crippen LogP contribution is -2.12. The van der Waals surface area contributed by atoms with Crippen molar-refractivity contribution in [3.8, 4) is 0 Å². The van der Waals surface area contributed by atoms with Gasteiger partial charge in [-0.05, 0) is 49.2 Å². The molecule has 4 rings (SSSR count). The highest BCUT2D eigenvalue weighted by Crippen LogP contribution is 2.66. The number of fused-ring (bicyclic) bond motifs is 5. The van der Waals surface area contributed by atoms with E-state index in [-0.39, 0.29) is 5.78 Å². The molecule has 3 nitrogen and oxygen atoms in total. The van der Waals surface area contributed by atoms with Crippen LogP contribution in [0.25, 0.3) is 0 Å². The number of nitrogens with two attached hydrogens (primary N) is 1. The molecule has 108 valence electrons. The maximum atomic E-state index is 11.7. The van der Waals surface area contributed by atoms with E-state index in [0.717, 1.165) is 33.6 Å². The second kappa shape index (κ2) is 4.41. The number of thiophene rings is 1. The van der Waals surface area contributed by atoms with Gasteiger partial charge in [0.25, 0.3) is 0 Å². The standard InChI is InChI=1S/C15H20N2OS2/c1-6(18)13-11(16)14(19-2)15(20-13)17-12-9-7-3-4-8(5-7)10(9)12/h7-10,12,17H,3-5,16H2,1-2H3. The van der Waals surface area contributed by atoms with Crippen LogP contribution in [0.1, 0.15) is 35.9 Å². The predicted molar refractivity (Wildman–Crippen MR) is 85.7 cm³/mol. The Labute approximate surface area is 127 Å². The lowest BCUT2D eigenvalue weighted by atomic mass is 10.0. The number of carbonyl (C=O) groups excluding carboxylic acids is 1. The molecule has 3 fully saturated rings. The first-order valence-electron chi connectivity index (χ1n) is 7.35. The van der Waals surface area contributed by atoms with Crippen molar-refractivity contribution in [3.05, 3.63) is 4.88 Å². The number of Topliss-reactive ketones (excluding diaryl/α,β-unsaturated/α-hetero) is 1. The Hall–Kier alpha value is -0.680. The van der Waals surface area contributed by atoms with Gasteiger partial charge in [0.2, 0.25) is 0 Å². The molecule has 20 heavy (non-hydrogen) atoms. The summed E-state index contributed by atoms with van der Waals surface area (Å²) in [6, 6.07) is 0.644. The maximum Gasteiger partial charge on any atom is 0.171 e. The molecule has 1 aromatic rings. The van der Waals surface area contributed by atoms with Crippen LogP contribution in [0.4, 0.5) is 10.7 Å². The monoisotopic (exact) mass is 308 g/mol. The SMILES string of the molecule is CSc1c(NC2C3C4CCC(C4)C23)sc(C(C)=O)c1N. The number of nitrogen functional groups attached to an aromatic ring is 1. The molecule has 3 aliphatic rings. The van der Waals surface area contributed by atoms with Gasteiger partial charge in [-0.2, -0.15) is 0 Å². The Morgan fingerprint density at radius 3 is 2.55 bits per heavy atom. The Bertz CT molecular complexity index is 567. The van der Waals surface area contributed by atoms with Crippen LogP contribution in [0.3, 0.4) is 0 Å². The highest BCUT2D eigenvalue weighted by atomic mass is 32.2. The van der Waals surface area contributed by atoms with E-state index < -0.39 is 0 Å². The van der Waals surface area contributed by atoms with Crippen LogP contribution >= 0.6 is 23.1 Å². The first-order valence-corrected chi connectivity index (χ1v) is 9.39. The number of hydrogen-bond acceptors (Lipinski definition) is 5. The summed E-state index contributed by atoms with van der Waals surface area (Å²) in [4.78, 5) is 13.4. The number of ketones is 1. The minimum Gasteiger partial charge on any atom is -0.396 e. The van der Waals surface area contributed by atoms with Crippen LogP contribution in [-0.2, 0) is 0 Å². The van der Waals surface area contributed by atoms with E-state index in [0.29, 0.717) is 16.6 Å². The Balaban J connectivity index is 1.58. The normalized spacial score (nSPS) is 37.0. The molecule has 0 amide bonds. The summed E-state index contributed by atoms with van der Waals surface area (Å²) in [5.41, 5.74) is 6.80. The van der Waals surface area contributed by atoms with Crippen molar-refractivity contribution < 1.29 is 4.79 Å². The second-order valence-electron chi connectivity index (χ2n) is 6.42. The first-order chi connectivity index (χ1) is 9.61. The van der Waals surface area contributed by atoms with Crippen LogP contribution in [0, 0.1) is 23.7 Å². The fraction of sp³-hybridized carbons (Fsp3) is 0.667. The van der Waals surface area contributed by atoms with E-state index in [1.165, 1.54) is 19.3 Å². The fourth-order valence-electron chi connectivity index (χ4n) is 4.66. The van der Waals surface area contributed by atoms with Crippen LogP contribution in [0.15, 0.2) is 4.90 Å². The number of anilines is 2. The zero-order valence-electron chi connectivity index (χ0n) is 11.8. The third kappa shape index (κ3) is 1.69. The van der Waals surface area contributed by atoms with Crippen LogP contribution in [-0.4, -0.2) is 18.1 Å². The molecule has 3 saturated carbocycles. The van der Waals surface area contributed by atoms with Gasteiger partial charge in [0.05, 0.1) is 15.5 Å². The molecule has 0 radical (unpaired) electrons.